The fraction of sp³-hybridized carbons (Fsp3) is 0.0769. The minimum Gasteiger partial charge on any atom is -0.269 e. The Hall–Kier alpha value is -1.59. The third-order valence-electron chi connectivity index (χ3n) is 2.61. The minimum atomic E-state index is -3.72. The summed E-state index contributed by atoms with van der Waals surface area (Å²) in [6, 6.07) is 11.6. The lowest BCUT2D eigenvalue weighted by molar-refractivity contribution is 0.594. The lowest BCUT2D eigenvalue weighted by atomic mass is 10.3. The van der Waals surface area contributed by atoms with Gasteiger partial charge in [0.25, 0.3) is 10.0 Å². The molecule has 0 aliphatic heterocycles. The molecule has 19 heavy (non-hydrogen) atoms. The van der Waals surface area contributed by atoms with Gasteiger partial charge >= 0.3 is 0 Å². The molecule has 3 nitrogen and oxygen atoms in total. The van der Waals surface area contributed by atoms with E-state index in [2.05, 4.69) is 0 Å². The fourth-order valence-corrected chi connectivity index (χ4v) is 3.03. The number of rotatable bonds is 3. The van der Waals surface area contributed by atoms with Gasteiger partial charge in [-0.15, -0.1) is 0 Å². The molecule has 6 heteroatoms. The van der Waals surface area contributed by atoms with Gasteiger partial charge in [0, 0.05) is 12.1 Å². The lowest BCUT2D eigenvalue weighted by Crippen LogP contribution is -2.26. The number of nitrogens with zero attached hydrogens (tertiary/aromatic N) is 1. The van der Waals surface area contributed by atoms with Crippen molar-refractivity contribution in [2.45, 2.75) is 4.90 Å². The zero-order chi connectivity index (χ0) is 14.0. The Bertz CT molecular complexity index is 669. The Morgan fingerprint density at radius 3 is 2.32 bits per heavy atom. The smallest absolute Gasteiger partial charge is 0.264 e. The molecule has 0 aliphatic rings. The molecular formula is C13H11ClFNO2S. The van der Waals surface area contributed by atoms with Crippen LogP contribution in [0.5, 0.6) is 0 Å². The monoisotopic (exact) mass is 299 g/mol. The number of anilines is 1. The van der Waals surface area contributed by atoms with Crippen LogP contribution in [0.4, 0.5) is 10.1 Å². The largest absolute Gasteiger partial charge is 0.269 e. The Morgan fingerprint density at radius 1 is 1.11 bits per heavy atom. The molecule has 0 bridgehead atoms. The second kappa shape index (κ2) is 5.19. The van der Waals surface area contributed by atoms with Crippen LogP contribution in [0.25, 0.3) is 0 Å². The second-order valence-electron chi connectivity index (χ2n) is 3.91. The van der Waals surface area contributed by atoms with E-state index in [0.29, 0.717) is 0 Å². The summed E-state index contributed by atoms with van der Waals surface area (Å²) < 4.78 is 38.9. The average Bonchev–Trinajstić information content (AvgIpc) is 2.37. The highest BCUT2D eigenvalue weighted by Crippen LogP contribution is 2.25. The molecule has 0 fully saturated rings. The van der Waals surface area contributed by atoms with Crippen LogP contribution in [-0.4, -0.2) is 15.5 Å². The number of hydrogen-bond donors (Lipinski definition) is 0. The standard InChI is InChI=1S/C13H11ClFNO2S/c1-16(12-8-10(14)7-11(15)9-12)19(17,18)13-5-3-2-4-6-13/h2-9H,1H3. The maximum atomic E-state index is 13.3. The van der Waals surface area contributed by atoms with E-state index in [-0.39, 0.29) is 15.6 Å². The van der Waals surface area contributed by atoms with Crippen molar-refractivity contribution >= 4 is 27.3 Å². The Labute approximate surface area is 116 Å². The molecule has 0 saturated carbocycles. The van der Waals surface area contributed by atoms with Gasteiger partial charge in [-0.1, -0.05) is 29.8 Å². The van der Waals surface area contributed by atoms with E-state index in [4.69, 9.17) is 11.6 Å². The number of benzene rings is 2. The van der Waals surface area contributed by atoms with Crippen molar-refractivity contribution < 1.29 is 12.8 Å². The molecule has 2 aromatic rings. The maximum Gasteiger partial charge on any atom is 0.264 e. The SMILES string of the molecule is CN(c1cc(F)cc(Cl)c1)S(=O)(=O)c1ccccc1. The summed E-state index contributed by atoms with van der Waals surface area (Å²) in [4.78, 5) is 0.137. The van der Waals surface area contributed by atoms with Gasteiger partial charge in [-0.2, -0.15) is 0 Å². The van der Waals surface area contributed by atoms with Gasteiger partial charge in [0.05, 0.1) is 10.6 Å². The van der Waals surface area contributed by atoms with Crippen LogP contribution >= 0.6 is 11.6 Å². The molecule has 0 aromatic heterocycles. The first-order chi connectivity index (χ1) is 8.91. The van der Waals surface area contributed by atoms with Gasteiger partial charge in [0.1, 0.15) is 5.82 Å². The Balaban J connectivity index is 2.46. The van der Waals surface area contributed by atoms with E-state index in [9.17, 15) is 12.8 Å². The molecule has 0 unspecified atom stereocenters. The molecule has 0 aliphatic carbocycles. The Kier molecular flexibility index (Phi) is 3.78. The van der Waals surface area contributed by atoms with E-state index >= 15 is 0 Å². The first kappa shape index (κ1) is 13.8. The summed E-state index contributed by atoms with van der Waals surface area (Å²) >= 11 is 5.73. The maximum absolute atomic E-state index is 13.3. The summed E-state index contributed by atoms with van der Waals surface area (Å²) in [6.07, 6.45) is 0. The van der Waals surface area contributed by atoms with Crippen LogP contribution in [0, 0.1) is 5.82 Å². The highest BCUT2D eigenvalue weighted by molar-refractivity contribution is 7.92. The van der Waals surface area contributed by atoms with Crippen LogP contribution < -0.4 is 4.31 Å². The molecular weight excluding hydrogens is 289 g/mol. The molecule has 100 valence electrons. The van der Waals surface area contributed by atoms with Crippen molar-refractivity contribution in [3.63, 3.8) is 0 Å². The molecule has 0 saturated heterocycles. The van der Waals surface area contributed by atoms with E-state index < -0.39 is 15.8 Å². The highest BCUT2D eigenvalue weighted by Gasteiger charge is 2.21. The molecule has 0 heterocycles. The van der Waals surface area contributed by atoms with Gasteiger partial charge in [-0.25, -0.2) is 12.8 Å². The molecule has 0 atom stereocenters. The zero-order valence-corrected chi connectivity index (χ0v) is 11.6. The van der Waals surface area contributed by atoms with Gasteiger partial charge in [-0.05, 0) is 30.3 Å². The van der Waals surface area contributed by atoms with E-state index in [1.165, 1.54) is 25.2 Å². The third kappa shape index (κ3) is 2.88. The first-order valence-corrected chi connectivity index (χ1v) is 7.23. The molecule has 0 amide bonds. The molecule has 2 aromatic carbocycles. The van der Waals surface area contributed by atoms with Gasteiger partial charge in [0.15, 0.2) is 0 Å². The van der Waals surface area contributed by atoms with Gasteiger partial charge in [-0.3, -0.25) is 4.31 Å². The van der Waals surface area contributed by atoms with E-state index in [0.717, 1.165) is 16.4 Å². The summed E-state index contributed by atoms with van der Waals surface area (Å²) in [5.74, 6) is -0.586. The first-order valence-electron chi connectivity index (χ1n) is 5.41. The van der Waals surface area contributed by atoms with Crippen LogP contribution in [-0.2, 0) is 10.0 Å². The van der Waals surface area contributed by atoms with Crippen molar-refractivity contribution in [1.29, 1.82) is 0 Å². The summed E-state index contributed by atoms with van der Waals surface area (Å²) in [5.41, 5.74) is 0.175. The highest BCUT2D eigenvalue weighted by atomic mass is 35.5. The van der Waals surface area contributed by atoms with Crippen LogP contribution in [0.2, 0.25) is 5.02 Å². The van der Waals surface area contributed by atoms with Crippen molar-refractivity contribution in [1.82, 2.24) is 0 Å². The summed E-state index contributed by atoms with van der Waals surface area (Å²) in [5, 5.41) is 0.144. The summed E-state index contributed by atoms with van der Waals surface area (Å²) in [6.45, 7) is 0. The topological polar surface area (TPSA) is 37.4 Å². The average molecular weight is 300 g/mol. The summed E-state index contributed by atoms with van der Waals surface area (Å²) in [7, 11) is -2.36. The van der Waals surface area contributed by atoms with E-state index in [1.54, 1.807) is 18.2 Å². The molecule has 0 N–H and O–H groups in total. The van der Waals surface area contributed by atoms with Crippen molar-refractivity contribution in [3.05, 3.63) is 59.4 Å². The van der Waals surface area contributed by atoms with Crippen LogP contribution in [0.15, 0.2) is 53.4 Å². The predicted octanol–water partition coefficient (Wildman–Crippen LogP) is 3.30. The van der Waals surface area contributed by atoms with Crippen LogP contribution in [0.1, 0.15) is 0 Å². The van der Waals surface area contributed by atoms with Gasteiger partial charge < -0.3 is 0 Å². The second-order valence-corrected chi connectivity index (χ2v) is 6.32. The fourth-order valence-electron chi connectivity index (χ4n) is 1.61. The zero-order valence-electron chi connectivity index (χ0n) is 10.0. The van der Waals surface area contributed by atoms with Crippen molar-refractivity contribution in [2.24, 2.45) is 0 Å². The van der Waals surface area contributed by atoms with Crippen molar-refractivity contribution in [2.75, 3.05) is 11.4 Å². The minimum absolute atomic E-state index is 0.137. The number of hydrogen-bond acceptors (Lipinski definition) is 2. The third-order valence-corrected chi connectivity index (χ3v) is 4.63. The van der Waals surface area contributed by atoms with E-state index in [1.807, 2.05) is 0 Å². The molecule has 0 spiro atoms. The normalized spacial score (nSPS) is 11.3. The Morgan fingerprint density at radius 2 is 1.74 bits per heavy atom. The lowest BCUT2D eigenvalue weighted by Gasteiger charge is -2.19. The van der Waals surface area contributed by atoms with Crippen LogP contribution in [0.3, 0.4) is 0 Å². The number of halogens is 2. The van der Waals surface area contributed by atoms with Crippen molar-refractivity contribution in [3.8, 4) is 0 Å². The van der Waals surface area contributed by atoms with Gasteiger partial charge in [0.2, 0.25) is 0 Å². The quantitative estimate of drug-likeness (QED) is 0.872. The number of sulfonamides is 1. The molecule has 0 radical (unpaired) electrons. The predicted molar refractivity (Wildman–Crippen MR) is 73.4 cm³/mol. The molecule has 2 rings (SSSR count).